The van der Waals surface area contributed by atoms with E-state index in [9.17, 15) is 4.79 Å². The lowest BCUT2D eigenvalue weighted by Crippen LogP contribution is -2.27. The van der Waals surface area contributed by atoms with Crippen molar-refractivity contribution in [2.45, 2.75) is 32.1 Å². The molecule has 0 fully saturated rings. The summed E-state index contributed by atoms with van der Waals surface area (Å²) >= 11 is 0. The van der Waals surface area contributed by atoms with Crippen LogP contribution in [0.4, 0.5) is 0 Å². The molecule has 1 aliphatic rings. The highest BCUT2D eigenvalue weighted by molar-refractivity contribution is 5.78. The van der Waals surface area contributed by atoms with Gasteiger partial charge in [0, 0.05) is 13.2 Å². The molecule has 0 radical (unpaired) electrons. The summed E-state index contributed by atoms with van der Waals surface area (Å²) < 4.78 is 5.13. The minimum atomic E-state index is 0.0463. The summed E-state index contributed by atoms with van der Waals surface area (Å²) in [5.74, 6) is 0.0603. The van der Waals surface area contributed by atoms with Gasteiger partial charge in [0.2, 0.25) is 5.91 Å². The van der Waals surface area contributed by atoms with Crippen LogP contribution in [0.1, 0.15) is 29.5 Å². The molecular weight excluding hydrogens is 254 g/mol. The van der Waals surface area contributed by atoms with E-state index in [1.54, 1.807) is 0 Å². The third kappa shape index (κ3) is 4.62. The highest BCUT2D eigenvalue weighted by Gasteiger charge is 2.11. The van der Waals surface area contributed by atoms with Crippen LogP contribution in [0.25, 0.3) is 0 Å². The van der Waals surface area contributed by atoms with Crippen LogP contribution in [0.15, 0.2) is 18.2 Å². The second-order valence-electron chi connectivity index (χ2n) is 5.17. The summed E-state index contributed by atoms with van der Waals surface area (Å²) in [5.41, 5.74) is 3.95. The molecule has 110 valence electrons. The van der Waals surface area contributed by atoms with E-state index in [1.807, 2.05) is 0 Å². The molecule has 1 aliphatic carbocycles. The van der Waals surface area contributed by atoms with Gasteiger partial charge in [-0.1, -0.05) is 18.2 Å². The van der Waals surface area contributed by atoms with Crippen molar-refractivity contribution in [3.8, 4) is 0 Å². The van der Waals surface area contributed by atoms with E-state index in [1.165, 1.54) is 24.0 Å². The molecule has 0 atom stereocenters. The molecule has 1 amide bonds. The summed E-state index contributed by atoms with van der Waals surface area (Å²) in [6.45, 7) is 1.60. The van der Waals surface area contributed by atoms with Gasteiger partial charge >= 0.3 is 0 Å². The Hall–Kier alpha value is -1.39. The molecule has 0 bridgehead atoms. The van der Waals surface area contributed by atoms with Crippen molar-refractivity contribution in [3.63, 3.8) is 0 Å². The summed E-state index contributed by atoms with van der Waals surface area (Å²) in [4.78, 5) is 11.8. The van der Waals surface area contributed by atoms with Crippen LogP contribution < -0.4 is 5.32 Å². The molecule has 0 heterocycles. The lowest BCUT2D eigenvalue weighted by molar-refractivity contribution is -0.120. The van der Waals surface area contributed by atoms with Crippen molar-refractivity contribution < 1.29 is 14.6 Å². The zero-order chi connectivity index (χ0) is 14.2. The maximum atomic E-state index is 11.8. The molecule has 4 heteroatoms. The average Bonchev–Trinajstić information content (AvgIpc) is 2.90. The predicted molar refractivity (Wildman–Crippen MR) is 77.7 cm³/mol. The van der Waals surface area contributed by atoms with E-state index in [0.717, 1.165) is 18.4 Å². The number of nitrogens with one attached hydrogen (secondary N) is 1. The van der Waals surface area contributed by atoms with Gasteiger partial charge in [-0.2, -0.15) is 0 Å². The van der Waals surface area contributed by atoms with Crippen LogP contribution in [0.3, 0.4) is 0 Å². The molecule has 2 rings (SSSR count). The van der Waals surface area contributed by atoms with Crippen molar-refractivity contribution in [1.29, 1.82) is 0 Å². The molecule has 2 N–H and O–H groups in total. The van der Waals surface area contributed by atoms with Crippen LogP contribution in [0.2, 0.25) is 0 Å². The van der Waals surface area contributed by atoms with E-state index >= 15 is 0 Å². The Labute approximate surface area is 120 Å². The number of carbonyl (C=O) groups excluding carboxylic acids is 1. The first-order chi connectivity index (χ1) is 9.79. The largest absolute Gasteiger partial charge is 0.394 e. The second kappa shape index (κ2) is 8.02. The molecule has 4 nitrogen and oxygen atoms in total. The molecule has 0 unspecified atom stereocenters. The number of rotatable bonds is 8. The van der Waals surface area contributed by atoms with Crippen LogP contribution in [0, 0.1) is 0 Å². The Morgan fingerprint density at radius 1 is 1.25 bits per heavy atom. The monoisotopic (exact) mass is 277 g/mol. The van der Waals surface area contributed by atoms with Crippen molar-refractivity contribution in [2.75, 3.05) is 26.4 Å². The molecule has 1 aromatic carbocycles. The number of fused-ring (bicyclic) bond motifs is 1. The smallest absolute Gasteiger partial charge is 0.224 e. The Morgan fingerprint density at radius 3 is 2.95 bits per heavy atom. The quantitative estimate of drug-likeness (QED) is 0.703. The minimum absolute atomic E-state index is 0.0463. The van der Waals surface area contributed by atoms with Crippen molar-refractivity contribution in [2.24, 2.45) is 0 Å². The van der Waals surface area contributed by atoms with Gasteiger partial charge in [-0.25, -0.2) is 0 Å². The Kier molecular flexibility index (Phi) is 6.02. The summed E-state index contributed by atoms with van der Waals surface area (Å²) in [6.07, 6.45) is 4.78. The summed E-state index contributed by atoms with van der Waals surface area (Å²) in [6, 6.07) is 6.40. The Bertz CT molecular complexity index is 445. The molecule has 0 saturated carbocycles. The van der Waals surface area contributed by atoms with E-state index in [-0.39, 0.29) is 12.5 Å². The number of ether oxygens (including phenoxy) is 1. The number of hydrogen-bond donors (Lipinski definition) is 2. The van der Waals surface area contributed by atoms with Crippen LogP contribution in [-0.2, 0) is 28.8 Å². The molecule has 20 heavy (non-hydrogen) atoms. The molecule has 0 aliphatic heterocycles. The summed E-state index contributed by atoms with van der Waals surface area (Å²) in [5, 5.41) is 11.4. The van der Waals surface area contributed by atoms with Gasteiger partial charge in [0.25, 0.3) is 0 Å². The zero-order valence-electron chi connectivity index (χ0n) is 11.9. The summed E-state index contributed by atoms with van der Waals surface area (Å²) in [7, 11) is 0. The van der Waals surface area contributed by atoms with Gasteiger partial charge in [0.05, 0.1) is 19.6 Å². The number of hydrogen-bond acceptors (Lipinski definition) is 3. The fraction of sp³-hybridized carbons (Fsp3) is 0.562. The van der Waals surface area contributed by atoms with Gasteiger partial charge in [0.1, 0.15) is 0 Å². The zero-order valence-corrected chi connectivity index (χ0v) is 11.9. The predicted octanol–water partition coefficient (Wildman–Crippen LogP) is 1.23. The van der Waals surface area contributed by atoms with E-state index in [4.69, 9.17) is 9.84 Å². The van der Waals surface area contributed by atoms with Gasteiger partial charge in [-0.05, 0) is 42.4 Å². The van der Waals surface area contributed by atoms with Gasteiger partial charge in [-0.3, -0.25) is 4.79 Å². The first-order valence-corrected chi connectivity index (χ1v) is 7.35. The van der Waals surface area contributed by atoms with Crippen LogP contribution in [-0.4, -0.2) is 37.4 Å². The number of aliphatic hydroxyl groups excluding tert-OH is 1. The second-order valence-corrected chi connectivity index (χ2v) is 5.17. The number of aliphatic hydroxyl groups is 1. The third-order valence-electron chi connectivity index (χ3n) is 3.55. The molecule has 0 aromatic heterocycles. The lowest BCUT2D eigenvalue weighted by Gasteiger charge is -2.07. The fourth-order valence-electron chi connectivity index (χ4n) is 2.55. The maximum Gasteiger partial charge on any atom is 0.224 e. The van der Waals surface area contributed by atoms with Crippen molar-refractivity contribution in [1.82, 2.24) is 5.32 Å². The standard InChI is InChI=1S/C16H23NO3/c18-8-10-20-9-2-7-17-16(19)12-13-5-6-14-3-1-4-15(14)11-13/h5-6,11,18H,1-4,7-10,12H2,(H,17,19). The SMILES string of the molecule is O=C(Cc1ccc2c(c1)CCC2)NCCCOCCO. The van der Waals surface area contributed by atoms with Gasteiger partial charge < -0.3 is 15.2 Å². The highest BCUT2D eigenvalue weighted by atomic mass is 16.5. The third-order valence-corrected chi connectivity index (χ3v) is 3.55. The van der Waals surface area contributed by atoms with Gasteiger partial charge in [-0.15, -0.1) is 0 Å². The topological polar surface area (TPSA) is 58.6 Å². The molecular formula is C16H23NO3. The number of amides is 1. The first kappa shape index (κ1) is 15.0. The van der Waals surface area contributed by atoms with Gasteiger partial charge in [0.15, 0.2) is 0 Å². The van der Waals surface area contributed by atoms with E-state index in [2.05, 4.69) is 23.5 Å². The Morgan fingerprint density at radius 2 is 2.10 bits per heavy atom. The van der Waals surface area contributed by atoms with E-state index in [0.29, 0.717) is 26.2 Å². The number of benzene rings is 1. The number of carbonyl (C=O) groups is 1. The Balaban J connectivity index is 1.67. The fourth-order valence-corrected chi connectivity index (χ4v) is 2.55. The normalized spacial score (nSPS) is 13.2. The van der Waals surface area contributed by atoms with Crippen LogP contribution >= 0.6 is 0 Å². The van der Waals surface area contributed by atoms with Crippen molar-refractivity contribution >= 4 is 5.91 Å². The first-order valence-electron chi connectivity index (χ1n) is 7.35. The van der Waals surface area contributed by atoms with Crippen LogP contribution in [0.5, 0.6) is 0 Å². The molecule has 0 spiro atoms. The van der Waals surface area contributed by atoms with Crippen molar-refractivity contribution in [3.05, 3.63) is 34.9 Å². The highest BCUT2D eigenvalue weighted by Crippen LogP contribution is 2.22. The lowest BCUT2D eigenvalue weighted by atomic mass is 10.0. The van der Waals surface area contributed by atoms with E-state index < -0.39 is 0 Å². The molecule has 1 aromatic rings. The maximum absolute atomic E-state index is 11.8. The molecule has 0 saturated heterocycles. The minimum Gasteiger partial charge on any atom is -0.394 e. The average molecular weight is 277 g/mol. The number of aryl methyl sites for hydroxylation is 2.